The Morgan fingerprint density at radius 1 is 1.26 bits per heavy atom. The molecule has 0 atom stereocenters. The second-order valence-electron chi connectivity index (χ2n) is 4.74. The third kappa shape index (κ3) is 3.02. The molecule has 116 valence electrons. The summed E-state index contributed by atoms with van der Waals surface area (Å²) in [5, 5.41) is 14.4. The Morgan fingerprint density at radius 2 is 2.09 bits per heavy atom. The fraction of sp³-hybridized carbons (Fsp3) is 0.0625. The molecule has 2 aromatic heterocycles. The summed E-state index contributed by atoms with van der Waals surface area (Å²) < 4.78 is 4.67. The SMILES string of the molecule is COC(=O)c1cc(Nc2nccc3cc(O)ccc23)cnc1Cl. The number of ether oxygens (including phenoxy) is 1. The number of esters is 1. The lowest BCUT2D eigenvalue weighted by Gasteiger charge is -2.10. The molecule has 2 heterocycles. The van der Waals surface area contributed by atoms with Gasteiger partial charge in [-0.2, -0.15) is 0 Å². The second kappa shape index (κ2) is 6.10. The van der Waals surface area contributed by atoms with Gasteiger partial charge in [0.2, 0.25) is 0 Å². The van der Waals surface area contributed by atoms with Crippen molar-refractivity contribution in [2.45, 2.75) is 0 Å². The summed E-state index contributed by atoms with van der Waals surface area (Å²) in [6.07, 6.45) is 3.12. The molecule has 0 saturated heterocycles. The Morgan fingerprint density at radius 3 is 2.87 bits per heavy atom. The van der Waals surface area contributed by atoms with E-state index in [1.807, 2.05) is 0 Å². The predicted molar refractivity (Wildman–Crippen MR) is 87.3 cm³/mol. The van der Waals surface area contributed by atoms with Crippen LogP contribution in [0.4, 0.5) is 11.5 Å². The quantitative estimate of drug-likeness (QED) is 0.565. The topological polar surface area (TPSA) is 84.3 Å². The van der Waals surface area contributed by atoms with E-state index in [1.54, 1.807) is 36.5 Å². The van der Waals surface area contributed by atoms with Crippen LogP contribution in [0.25, 0.3) is 10.8 Å². The van der Waals surface area contributed by atoms with Crippen LogP contribution in [-0.4, -0.2) is 28.2 Å². The van der Waals surface area contributed by atoms with Crippen molar-refractivity contribution in [2.24, 2.45) is 0 Å². The van der Waals surface area contributed by atoms with Gasteiger partial charge in [0.25, 0.3) is 0 Å². The third-order valence-electron chi connectivity index (χ3n) is 3.26. The largest absolute Gasteiger partial charge is 0.508 e. The first-order chi connectivity index (χ1) is 11.1. The van der Waals surface area contributed by atoms with Gasteiger partial charge in [-0.05, 0) is 35.7 Å². The predicted octanol–water partition coefficient (Wildman–Crippen LogP) is 3.52. The van der Waals surface area contributed by atoms with E-state index in [1.165, 1.54) is 13.3 Å². The maximum absolute atomic E-state index is 11.7. The molecule has 6 nitrogen and oxygen atoms in total. The highest BCUT2D eigenvalue weighted by atomic mass is 35.5. The number of methoxy groups -OCH3 is 1. The minimum absolute atomic E-state index is 0.0678. The molecule has 0 aliphatic heterocycles. The molecule has 0 amide bonds. The minimum Gasteiger partial charge on any atom is -0.508 e. The zero-order valence-corrected chi connectivity index (χ0v) is 12.8. The summed E-state index contributed by atoms with van der Waals surface area (Å²) in [5.41, 5.74) is 0.708. The molecule has 0 saturated carbocycles. The van der Waals surface area contributed by atoms with Crippen LogP contribution in [0.5, 0.6) is 5.75 Å². The number of carbonyl (C=O) groups is 1. The number of pyridine rings is 2. The molecule has 1 aromatic carbocycles. The number of nitrogens with zero attached hydrogens (tertiary/aromatic N) is 2. The van der Waals surface area contributed by atoms with E-state index in [9.17, 15) is 9.90 Å². The maximum Gasteiger partial charge on any atom is 0.341 e. The smallest absolute Gasteiger partial charge is 0.341 e. The molecule has 0 spiro atoms. The summed E-state index contributed by atoms with van der Waals surface area (Å²) in [6, 6.07) is 8.31. The number of hydrogen-bond acceptors (Lipinski definition) is 6. The summed E-state index contributed by atoms with van der Waals surface area (Å²) in [6.45, 7) is 0. The molecule has 0 aliphatic carbocycles. The van der Waals surface area contributed by atoms with Gasteiger partial charge in [0.15, 0.2) is 0 Å². The third-order valence-corrected chi connectivity index (χ3v) is 3.56. The van der Waals surface area contributed by atoms with Crippen LogP contribution in [-0.2, 0) is 4.74 Å². The van der Waals surface area contributed by atoms with Crippen molar-refractivity contribution in [2.75, 3.05) is 12.4 Å². The van der Waals surface area contributed by atoms with Gasteiger partial charge in [-0.15, -0.1) is 0 Å². The van der Waals surface area contributed by atoms with Crippen molar-refractivity contribution in [3.05, 3.63) is 53.4 Å². The zero-order valence-electron chi connectivity index (χ0n) is 12.1. The Kier molecular flexibility index (Phi) is 3.99. The summed E-state index contributed by atoms with van der Waals surface area (Å²) in [7, 11) is 1.28. The number of carbonyl (C=O) groups excluding carboxylic acids is 1. The normalized spacial score (nSPS) is 10.5. The average Bonchev–Trinajstić information content (AvgIpc) is 2.55. The summed E-state index contributed by atoms with van der Waals surface area (Å²) in [4.78, 5) is 19.9. The highest BCUT2D eigenvalue weighted by Crippen LogP contribution is 2.28. The van der Waals surface area contributed by atoms with Gasteiger partial charge >= 0.3 is 5.97 Å². The monoisotopic (exact) mass is 329 g/mol. The van der Waals surface area contributed by atoms with Gasteiger partial charge in [0, 0.05) is 11.6 Å². The maximum atomic E-state index is 11.7. The number of fused-ring (bicyclic) bond motifs is 1. The number of benzene rings is 1. The van der Waals surface area contributed by atoms with Gasteiger partial charge in [0.05, 0.1) is 24.6 Å². The number of phenols is 1. The van der Waals surface area contributed by atoms with E-state index < -0.39 is 5.97 Å². The summed E-state index contributed by atoms with van der Waals surface area (Å²) in [5.74, 6) is 0.181. The van der Waals surface area contributed by atoms with Gasteiger partial charge in [-0.3, -0.25) is 0 Å². The van der Waals surface area contributed by atoms with Crippen LogP contribution < -0.4 is 5.32 Å². The van der Waals surface area contributed by atoms with E-state index in [0.29, 0.717) is 11.5 Å². The van der Waals surface area contributed by atoms with Crippen LogP contribution in [0, 0.1) is 0 Å². The zero-order chi connectivity index (χ0) is 16.4. The molecule has 23 heavy (non-hydrogen) atoms. The lowest BCUT2D eigenvalue weighted by molar-refractivity contribution is 0.0600. The molecule has 3 rings (SSSR count). The van der Waals surface area contributed by atoms with Crippen molar-refractivity contribution in [3.63, 3.8) is 0 Å². The number of nitrogens with one attached hydrogen (secondary N) is 1. The van der Waals surface area contributed by atoms with Crippen molar-refractivity contribution in [1.82, 2.24) is 9.97 Å². The van der Waals surface area contributed by atoms with E-state index in [-0.39, 0.29) is 16.5 Å². The van der Waals surface area contributed by atoms with Gasteiger partial charge in [-0.1, -0.05) is 11.6 Å². The molecule has 2 N–H and O–H groups in total. The molecule has 7 heteroatoms. The van der Waals surface area contributed by atoms with Crippen molar-refractivity contribution in [1.29, 1.82) is 0 Å². The molecule has 0 fully saturated rings. The minimum atomic E-state index is -0.568. The van der Waals surface area contributed by atoms with E-state index in [2.05, 4.69) is 20.0 Å². The van der Waals surface area contributed by atoms with Crippen LogP contribution in [0.1, 0.15) is 10.4 Å². The van der Waals surface area contributed by atoms with Crippen LogP contribution in [0.2, 0.25) is 5.15 Å². The molecule has 0 radical (unpaired) electrons. The average molecular weight is 330 g/mol. The van der Waals surface area contributed by atoms with Crippen LogP contribution >= 0.6 is 11.6 Å². The standard InChI is InChI=1S/C16H12ClN3O3/c1-23-16(22)13-7-10(8-19-14(13)17)20-15-12-3-2-11(21)6-9(12)4-5-18-15/h2-8,21H,1H3,(H,18,20). The van der Waals surface area contributed by atoms with E-state index in [0.717, 1.165) is 10.8 Å². The van der Waals surface area contributed by atoms with Gasteiger partial charge < -0.3 is 15.2 Å². The van der Waals surface area contributed by atoms with Crippen molar-refractivity contribution >= 4 is 39.8 Å². The number of rotatable bonds is 3. The number of halogens is 1. The first-order valence-corrected chi connectivity index (χ1v) is 7.05. The Labute approximate surface area is 136 Å². The fourth-order valence-corrected chi connectivity index (χ4v) is 2.35. The lowest BCUT2D eigenvalue weighted by Crippen LogP contribution is -2.05. The fourth-order valence-electron chi connectivity index (χ4n) is 2.17. The molecule has 0 aliphatic rings. The number of aromatic hydroxyl groups is 1. The van der Waals surface area contributed by atoms with Crippen molar-refractivity contribution in [3.8, 4) is 5.75 Å². The number of aromatic nitrogens is 2. The Bertz CT molecular complexity index is 899. The van der Waals surface area contributed by atoms with Crippen molar-refractivity contribution < 1.29 is 14.6 Å². The highest BCUT2D eigenvalue weighted by Gasteiger charge is 2.13. The number of phenolic OH excluding ortho intramolecular Hbond substituents is 1. The van der Waals surface area contributed by atoms with E-state index in [4.69, 9.17) is 11.6 Å². The highest BCUT2D eigenvalue weighted by molar-refractivity contribution is 6.32. The van der Waals surface area contributed by atoms with Crippen LogP contribution in [0.3, 0.4) is 0 Å². The summed E-state index contributed by atoms with van der Waals surface area (Å²) >= 11 is 5.90. The first kappa shape index (κ1) is 15.1. The van der Waals surface area contributed by atoms with Crippen LogP contribution in [0.15, 0.2) is 42.7 Å². The van der Waals surface area contributed by atoms with E-state index >= 15 is 0 Å². The molecular weight excluding hydrogens is 318 g/mol. The lowest BCUT2D eigenvalue weighted by atomic mass is 10.1. The first-order valence-electron chi connectivity index (χ1n) is 6.67. The second-order valence-corrected chi connectivity index (χ2v) is 5.10. The number of anilines is 2. The van der Waals surface area contributed by atoms with Gasteiger partial charge in [-0.25, -0.2) is 14.8 Å². The molecule has 3 aromatic rings. The Hall–Kier alpha value is -2.86. The molecular formula is C16H12ClN3O3. The molecule has 0 unspecified atom stereocenters. The Balaban J connectivity index is 2.01. The molecule has 0 bridgehead atoms. The number of hydrogen-bond donors (Lipinski definition) is 2. The van der Waals surface area contributed by atoms with Gasteiger partial charge in [0.1, 0.15) is 16.7 Å².